The molecule has 0 unspecified atom stereocenters. The number of hydrogen-bond acceptors (Lipinski definition) is 5. The van der Waals surface area contributed by atoms with E-state index in [9.17, 15) is 0 Å². The molecule has 1 saturated heterocycles. The lowest BCUT2D eigenvalue weighted by atomic mass is 9.99. The fourth-order valence-electron chi connectivity index (χ4n) is 4.23. The van der Waals surface area contributed by atoms with Crippen LogP contribution >= 0.6 is 12.2 Å². The van der Waals surface area contributed by atoms with Gasteiger partial charge >= 0.3 is 0 Å². The Bertz CT molecular complexity index is 1300. The van der Waals surface area contributed by atoms with Crippen molar-refractivity contribution in [3.63, 3.8) is 0 Å². The van der Waals surface area contributed by atoms with E-state index in [2.05, 4.69) is 40.5 Å². The monoisotopic (exact) mass is 444 g/mol. The highest BCUT2D eigenvalue weighted by molar-refractivity contribution is 7.80. The van der Waals surface area contributed by atoms with Crippen LogP contribution in [-0.2, 0) is 0 Å². The number of fused-ring (bicyclic) bond motifs is 2. The number of anilines is 1. The molecule has 1 N–H and O–H groups in total. The van der Waals surface area contributed by atoms with Gasteiger partial charge in [-0.3, -0.25) is 0 Å². The molecule has 0 aliphatic carbocycles. The largest absolute Gasteiger partial charge is 0.493 e. The smallest absolute Gasteiger partial charge is 0.173 e. The summed E-state index contributed by atoms with van der Waals surface area (Å²) in [6.07, 6.45) is 1.10. The van der Waals surface area contributed by atoms with E-state index in [1.54, 1.807) is 14.2 Å². The number of thiocarbonyl (C=S) groups is 1. The van der Waals surface area contributed by atoms with Crippen molar-refractivity contribution in [1.29, 1.82) is 0 Å². The van der Waals surface area contributed by atoms with E-state index in [0.717, 1.165) is 52.4 Å². The first kappa shape index (κ1) is 20.5. The lowest BCUT2D eigenvalue weighted by Crippen LogP contribution is -2.32. The highest BCUT2D eigenvalue weighted by atomic mass is 32.1. The number of aromatic nitrogens is 2. The third kappa shape index (κ3) is 3.91. The van der Waals surface area contributed by atoms with Gasteiger partial charge in [-0.05, 0) is 42.4 Å². The van der Waals surface area contributed by atoms with Crippen LogP contribution in [0.5, 0.6) is 11.5 Å². The van der Waals surface area contributed by atoms with Crippen molar-refractivity contribution in [1.82, 2.24) is 14.9 Å². The normalized spacial score (nSPS) is 15.8. The summed E-state index contributed by atoms with van der Waals surface area (Å²) in [4.78, 5) is 11.8. The predicted molar refractivity (Wildman–Crippen MR) is 132 cm³/mol. The molecule has 0 bridgehead atoms. The molecule has 1 aliphatic rings. The molecular weight excluding hydrogens is 420 g/mol. The van der Waals surface area contributed by atoms with E-state index in [1.807, 2.05) is 30.3 Å². The van der Waals surface area contributed by atoms with E-state index >= 15 is 0 Å². The Balaban J connectivity index is 1.36. The van der Waals surface area contributed by atoms with Crippen LogP contribution < -0.4 is 14.8 Å². The molecule has 3 aromatic carbocycles. The second kappa shape index (κ2) is 8.59. The molecule has 1 aliphatic heterocycles. The number of ether oxygens (including phenoxy) is 2. The summed E-state index contributed by atoms with van der Waals surface area (Å²) in [6.45, 7) is 1.88. The lowest BCUT2D eigenvalue weighted by Gasteiger charge is -2.21. The van der Waals surface area contributed by atoms with Gasteiger partial charge in [0.1, 0.15) is 0 Å². The highest BCUT2D eigenvalue weighted by Crippen LogP contribution is 2.32. The van der Waals surface area contributed by atoms with Gasteiger partial charge < -0.3 is 19.7 Å². The van der Waals surface area contributed by atoms with E-state index in [0.29, 0.717) is 17.4 Å². The molecule has 32 heavy (non-hydrogen) atoms. The summed E-state index contributed by atoms with van der Waals surface area (Å²) in [5, 5.41) is 4.12. The first-order chi connectivity index (χ1) is 15.6. The van der Waals surface area contributed by atoms with Gasteiger partial charge in [-0.25, -0.2) is 9.97 Å². The van der Waals surface area contributed by atoms with Gasteiger partial charge in [0.2, 0.25) is 0 Å². The quantitative estimate of drug-likeness (QED) is 0.352. The fourth-order valence-corrected chi connectivity index (χ4v) is 4.51. The fraction of sp³-hybridized carbons (Fsp3) is 0.240. The summed E-state index contributed by atoms with van der Waals surface area (Å²) in [5.74, 6) is 1.78. The zero-order valence-electron chi connectivity index (χ0n) is 18.0. The Labute approximate surface area is 192 Å². The van der Waals surface area contributed by atoms with Gasteiger partial charge in [0.25, 0.3) is 0 Å². The Hall–Kier alpha value is -3.45. The van der Waals surface area contributed by atoms with Gasteiger partial charge in [-0.2, -0.15) is 0 Å². The predicted octanol–water partition coefficient (Wildman–Crippen LogP) is 4.99. The van der Waals surface area contributed by atoms with Gasteiger partial charge in [0, 0.05) is 36.8 Å². The zero-order chi connectivity index (χ0) is 22.1. The topological polar surface area (TPSA) is 59.5 Å². The van der Waals surface area contributed by atoms with Gasteiger partial charge in [-0.15, -0.1) is 0 Å². The van der Waals surface area contributed by atoms with Crippen molar-refractivity contribution < 1.29 is 9.47 Å². The van der Waals surface area contributed by atoms with E-state index < -0.39 is 0 Å². The Morgan fingerprint density at radius 1 is 0.906 bits per heavy atom. The first-order valence-corrected chi connectivity index (χ1v) is 11.0. The summed E-state index contributed by atoms with van der Waals surface area (Å²) in [5.41, 5.74) is 5.39. The minimum absolute atomic E-state index is 0.511. The van der Waals surface area contributed by atoms with Crippen LogP contribution in [-0.4, -0.2) is 47.3 Å². The standard InChI is InChI=1S/C25H24N4O2S/c1-30-23-13-21-22(14-24(23)31-2)28-20-12-18(8-9-19(20)27-21)26-25(32)29-11-10-17(15-29)16-6-4-3-5-7-16/h3-9,12-14,17H,10-11,15H2,1-2H3,(H,26,32)/t17-/m1/s1. The molecule has 1 aromatic heterocycles. The maximum Gasteiger partial charge on any atom is 0.173 e. The average Bonchev–Trinajstić information content (AvgIpc) is 3.33. The molecule has 0 spiro atoms. The van der Waals surface area contributed by atoms with E-state index in [4.69, 9.17) is 31.7 Å². The first-order valence-electron chi connectivity index (χ1n) is 10.6. The number of nitrogens with one attached hydrogen (secondary N) is 1. The van der Waals surface area contributed by atoms with Crippen molar-refractivity contribution in [2.75, 3.05) is 32.6 Å². The molecule has 7 heteroatoms. The highest BCUT2D eigenvalue weighted by Gasteiger charge is 2.25. The minimum Gasteiger partial charge on any atom is -0.493 e. The Morgan fingerprint density at radius 3 is 2.25 bits per heavy atom. The van der Waals surface area contributed by atoms with E-state index in [1.165, 1.54) is 5.56 Å². The molecular formula is C25H24N4O2S. The van der Waals surface area contributed by atoms with Gasteiger partial charge in [0.15, 0.2) is 16.6 Å². The third-order valence-corrected chi connectivity index (χ3v) is 6.30. The summed E-state index contributed by atoms with van der Waals surface area (Å²) in [7, 11) is 3.23. The number of benzene rings is 3. The molecule has 6 nitrogen and oxygen atoms in total. The molecule has 2 heterocycles. The van der Waals surface area contributed by atoms with Crippen LogP contribution in [0.1, 0.15) is 17.9 Å². The van der Waals surface area contributed by atoms with E-state index in [-0.39, 0.29) is 0 Å². The van der Waals surface area contributed by atoms with Crippen LogP contribution in [0.2, 0.25) is 0 Å². The van der Waals surface area contributed by atoms with Crippen LogP contribution in [0.3, 0.4) is 0 Å². The van der Waals surface area contributed by atoms with Crippen molar-refractivity contribution >= 4 is 45.1 Å². The molecule has 5 rings (SSSR count). The number of likely N-dealkylation sites (tertiary alicyclic amines) is 1. The number of nitrogens with zero attached hydrogens (tertiary/aromatic N) is 3. The maximum absolute atomic E-state index is 5.71. The Kier molecular flexibility index (Phi) is 5.49. The molecule has 0 saturated carbocycles. The van der Waals surface area contributed by atoms with Crippen LogP contribution in [0.15, 0.2) is 60.7 Å². The maximum atomic E-state index is 5.71. The Morgan fingerprint density at radius 2 is 1.56 bits per heavy atom. The minimum atomic E-state index is 0.511. The molecule has 0 radical (unpaired) electrons. The summed E-state index contributed by atoms with van der Waals surface area (Å²) >= 11 is 5.71. The van der Waals surface area contributed by atoms with Gasteiger partial charge in [-0.1, -0.05) is 30.3 Å². The second-order valence-electron chi connectivity index (χ2n) is 7.90. The van der Waals surface area contributed by atoms with Crippen LogP contribution in [0.4, 0.5) is 5.69 Å². The number of methoxy groups -OCH3 is 2. The molecule has 1 atom stereocenters. The van der Waals surface area contributed by atoms with Crippen molar-refractivity contribution in [3.8, 4) is 11.5 Å². The van der Waals surface area contributed by atoms with Gasteiger partial charge in [0.05, 0.1) is 36.3 Å². The number of rotatable bonds is 4. The third-order valence-electron chi connectivity index (χ3n) is 5.94. The van der Waals surface area contributed by atoms with Crippen molar-refractivity contribution in [2.24, 2.45) is 0 Å². The summed E-state index contributed by atoms with van der Waals surface area (Å²) < 4.78 is 10.8. The second-order valence-corrected chi connectivity index (χ2v) is 8.28. The average molecular weight is 445 g/mol. The van der Waals surface area contributed by atoms with Crippen LogP contribution in [0, 0.1) is 0 Å². The molecule has 0 amide bonds. The SMILES string of the molecule is COc1cc2nc3ccc(NC(=S)N4CC[C@@H](c5ccccc5)C4)cc3nc2cc1OC. The van der Waals surface area contributed by atoms with Crippen molar-refractivity contribution in [2.45, 2.75) is 12.3 Å². The molecule has 162 valence electrons. The molecule has 1 fully saturated rings. The number of hydrogen-bond donors (Lipinski definition) is 1. The van der Waals surface area contributed by atoms with Crippen LogP contribution in [0.25, 0.3) is 22.1 Å². The zero-order valence-corrected chi connectivity index (χ0v) is 18.9. The molecule has 4 aromatic rings. The van der Waals surface area contributed by atoms with Crippen molar-refractivity contribution in [3.05, 3.63) is 66.2 Å². The summed E-state index contributed by atoms with van der Waals surface area (Å²) in [6, 6.07) is 20.3. The lowest BCUT2D eigenvalue weighted by molar-refractivity contribution is 0.355.